The molecule has 1 N–H and O–H groups in total. The number of aromatic hydroxyl groups is 1. The van der Waals surface area contributed by atoms with Crippen LogP contribution in [0.1, 0.15) is 17.5 Å². The lowest BCUT2D eigenvalue weighted by Crippen LogP contribution is -1.76. The first-order chi connectivity index (χ1) is 6.70. The van der Waals surface area contributed by atoms with Gasteiger partial charge in [-0.05, 0) is 26.0 Å². The summed E-state index contributed by atoms with van der Waals surface area (Å²) in [5, 5.41) is 10.6. The Labute approximate surface area is 86.2 Å². The molecule has 0 saturated carbocycles. The van der Waals surface area contributed by atoms with E-state index < -0.39 is 0 Å². The van der Waals surface area contributed by atoms with Gasteiger partial charge in [0.25, 0.3) is 0 Å². The minimum Gasteiger partial charge on any atom is -0.506 e. The molecule has 2 nitrogen and oxygen atoms in total. The largest absolute Gasteiger partial charge is 0.506 e. The predicted molar refractivity (Wildman–Crippen MR) is 58.6 cm³/mol. The van der Waals surface area contributed by atoms with Crippen molar-refractivity contribution in [3.63, 3.8) is 0 Å². The number of fused-ring (bicyclic) bond motifs is 1. The molecular formula is C11H9NOS. The molecule has 0 fully saturated rings. The minimum atomic E-state index is 0.213. The summed E-state index contributed by atoms with van der Waals surface area (Å²) in [4.78, 5) is 4.23. The SMILES string of the molecule is CC#Cc1cc(O)c2nc(C)sc2c1. The van der Waals surface area contributed by atoms with Crippen LogP contribution in [-0.4, -0.2) is 10.1 Å². The van der Waals surface area contributed by atoms with Crippen molar-refractivity contribution in [1.82, 2.24) is 4.98 Å². The number of aryl methyl sites for hydroxylation is 1. The molecule has 0 aliphatic heterocycles. The van der Waals surface area contributed by atoms with Crippen LogP contribution in [0.2, 0.25) is 0 Å². The Morgan fingerprint density at radius 2 is 2.21 bits per heavy atom. The summed E-state index contributed by atoms with van der Waals surface area (Å²) in [5.74, 6) is 5.94. The summed E-state index contributed by atoms with van der Waals surface area (Å²) < 4.78 is 0.986. The molecular weight excluding hydrogens is 194 g/mol. The van der Waals surface area contributed by atoms with Gasteiger partial charge >= 0.3 is 0 Å². The lowest BCUT2D eigenvalue weighted by atomic mass is 10.2. The van der Waals surface area contributed by atoms with Gasteiger partial charge in [-0.25, -0.2) is 4.98 Å². The molecule has 0 saturated heterocycles. The zero-order valence-corrected chi connectivity index (χ0v) is 8.77. The third kappa shape index (κ3) is 1.45. The maximum Gasteiger partial charge on any atom is 0.143 e. The molecule has 14 heavy (non-hydrogen) atoms. The van der Waals surface area contributed by atoms with Crippen LogP contribution in [0.15, 0.2) is 12.1 Å². The van der Waals surface area contributed by atoms with Gasteiger partial charge in [0.05, 0.1) is 9.71 Å². The van der Waals surface area contributed by atoms with Crippen molar-refractivity contribution in [1.29, 1.82) is 0 Å². The average Bonchev–Trinajstić information content (AvgIpc) is 2.47. The van der Waals surface area contributed by atoms with E-state index in [-0.39, 0.29) is 5.75 Å². The molecule has 0 aliphatic rings. The third-order valence-corrected chi connectivity index (χ3v) is 2.77. The van der Waals surface area contributed by atoms with Crippen LogP contribution in [0.25, 0.3) is 10.2 Å². The van der Waals surface area contributed by atoms with Crippen molar-refractivity contribution < 1.29 is 5.11 Å². The Kier molecular flexibility index (Phi) is 2.14. The third-order valence-electron chi connectivity index (χ3n) is 1.85. The average molecular weight is 203 g/mol. The highest BCUT2D eigenvalue weighted by Gasteiger charge is 2.06. The zero-order valence-electron chi connectivity index (χ0n) is 7.96. The molecule has 1 heterocycles. The fourth-order valence-electron chi connectivity index (χ4n) is 1.34. The van der Waals surface area contributed by atoms with E-state index in [1.165, 1.54) is 0 Å². The first kappa shape index (κ1) is 9.04. The number of hydrogen-bond donors (Lipinski definition) is 1. The second-order valence-electron chi connectivity index (χ2n) is 2.95. The lowest BCUT2D eigenvalue weighted by Gasteiger charge is -1.94. The Morgan fingerprint density at radius 3 is 2.93 bits per heavy atom. The highest BCUT2D eigenvalue weighted by Crippen LogP contribution is 2.29. The van der Waals surface area contributed by atoms with E-state index in [1.807, 2.05) is 13.0 Å². The molecule has 3 heteroatoms. The van der Waals surface area contributed by atoms with Gasteiger partial charge in [0.1, 0.15) is 11.3 Å². The topological polar surface area (TPSA) is 33.1 Å². The van der Waals surface area contributed by atoms with Crippen LogP contribution in [0.3, 0.4) is 0 Å². The van der Waals surface area contributed by atoms with Crippen molar-refractivity contribution >= 4 is 21.6 Å². The van der Waals surface area contributed by atoms with E-state index in [0.29, 0.717) is 5.52 Å². The maximum absolute atomic E-state index is 9.67. The molecule has 2 rings (SSSR count). The summed E-state index contributed by atoms with van der Waals surface area (Å²) in [6.45, 7) is 3.70. The Hall–Kier alpha value is -1.53. The van der Waals surface area contributed by atoms with Gasteiger partial charge in [0, 0.05) is 5.56 Å². The van der Waals surface area contributed by atoms with E-state index in [1.54, 1.807) is 24.3 Å². The number of benzene rings is 1. The fourth-order valence-corrected chi connectivity index (χ4v) is 2.23. The Balaban J connectivity index is 2.75. The normalized spacial score (nSPS) is 9.86. The summed E-state index contributed by atoms with van der Waals surface area (Å²) in [5.41, 5.74) is 1.51. The Morgan fingerprint density at radius 1 is 1.43 bits per heavy atom. The summed E-state index contributed by atoms with van der Waals surface area (Å²) >= 11 is 1.57. The standard InChI is InChI=1S/C11H9NOS/c1-3-4-8-5-9(13)11-10(6-8)14-7(2)12-11/h5-6,13H,1-2H3. The van der Waals surface area contributed by atoms with Gasteiger partial charge in [-0.1, -0.05) is 5.92 Å². The number of thiazole rings is 1. The molecule has 0 spiro atoms. The number of hydrogen-bond acceptors (Lipinski definition) is 3. The number of phenols is 1. The Bertz CT molecular complexity index is 545. The van der Waals surface area contributed by atoms with Gasteiger partial charge < -0.3 is 5.11 Å². The molecule has 0 radical (unpaired) electrons. The molecule has 0 amide bonds. The van der Waals surface area contributed by atoms with Crippen LogP contribution < -0.4 is 0 Å². The second kappa shape index (κ2) is 3.32. The molecule has 0 atom stereocenters. The van der Waals surface area contributed by atoms with E-state index >= 15 is 0 Å². The molecule has 70 valence electrons. The van der Waals surface area contributed by atoms with E-state index in [2.05, 4.69) is 16.8 Å². The zero-order chi connectivity index (χ0) is 10.1. The molecule has 2 aromatic rings. The van der Waals surface area contributed by atoms with Crippen LogP contribution in [-0.2, 0) is 0 Å². The smallest absolute Gasteiger partial charge is 0.143 e. The predicted octanol–water partition coefficient (Wildman–Crippen LogP) is 2.68. The molecule has 0 bridgehead atoms. The van der Waals surface area contributed by atoms with Crippen LogP contribution in [0.4, 0.5) is 0 Å². The van der Waals surface area contributed by atoms with Crippen molar-refractivity contribution in [3.8, 4) is 17.6 Å². The van der Waals surface area contributed by atoms with Crippen LogP contribution in [0.5, 0.6) is 5.75 Å². The second-order valence-corrected chi connectivity index (χ2v) is 4.18. The summed E-state index contributed by atoms with van der Waals surface area (Å²) in [6.07, 6.45) is 0. The lowest BCUT2D eigenvalue weighted by molar-refractivity contribution is 0.480. The quantitative estimate of drug-likeness (QED) is 0.668. The summed E-state index contributed by atoms with van der Waals surface area (Å²) in [6, 6.07) is 3.61. The number of nitrogens with zero attached hydrogens (tertiary/aromatic N) is 1. The minimum absolute atomic E-state index is 0.213. The number of aromatic nitrogens is 1. The van der Waals surface area contributed by atoms with Crippen LogP contribution >= 0.6 is 11.3 Å². The first-order valence-electron chi connectivity index (χ1n) is 4.23. The fraction of sp³-hybridized carbons (Fsp3) is 0.182. The number of rotatable bonds is 0. The van der Waals surface area contributed by atoms with Crippen LogP contribution in [0, 0.1) is 18.8 Å². The molecule has 1 aromatic carbocycles. The van der Waals surface area contributed by atoms with Crippen molar-refractivity contribution in [2.75, 3.05) is 0 Å². The van der Waals surface area contributed by atoms with Crippen molar-refractivity contribution in [3.05, 3.63) is 22.7 Å². The highest BCUT2D eigenvalue weighted by atomic mass is 32.1. The molecule has 0 unspecified atom stereocenters. The van der Waals surface area contributed by atoms with Crippen molar-refractivity contribution in [2.24, 2.45) is 0 Å². The van der Waals surface area contributed by atoms with E-state index in [0.717, 1.165) is 15.3 Å². The van der Waals surface area contributed by atoms with Gasteiger partial charge in [-0.3, -0.25) is 0 Å². The van der Waals surface area contributed by atoms with Gasteiger partial charge in [0.2, 0.25) is 0 Å². The van der Waals surface area contributed by atoms with Crippen molar-refractivity contribution in [2.45, 2.75) is 13.8 Å². The molecule has 0 aliphatic carbocycles. The monoisotopic (exact) mass is 203 g/mol. The summed E-state index contributed by atoms with van der Waals surface area (Å²) in [7, 11) is 0. The van der Waals surface area contributed by atoms with E-state index in [9.17, 15) is 5.11 Å². The van der Waals surface area contributed by atoms with E-state index in [4.69, 9.17) is 0 Å². The number of phenolic OH excluding ortho intramolecular Hbond substituents is 1. The van der Waals surface area contributed by atoms with Gasteiger partial charge in [-0.15, -0.1) is 17.3 Å². The highest BCUT2D eigenvalue weighted by molar-refractivity contribution is 7.18. The van der Waals surface area contributed by atoms with Gasteiger partial charge in [0.15, 0.2) is 0 Å². The maximum atomic E-state index is 9.67. The molecule has 1 aromatic heterocycles. The van der Waals surface area contributed by atoms with Gasteiger partial charge in [-0.2, -0.15) is 0 Å². The first-order valence-corrected chi connectivity index (χ1v) is 5.05.